The quantitative estimate of drug-likeness (QED) is 0.453. The first-order chi connectivity index (χ1) is 13.2. The molecule has 0 aliphatic heterocycles. The molecule has 0 heterocycles. The molecular formula is C19H14BrClN2O4S. The number of amides is 1. The highest BCUT2D eigenvalue weighted by atomic mass is 79.9. The normalized spacial score (nSPS) is 11.1. The largest absolute Gasteiger partial charge is 0.506 e. The van der Waals surface area contributed by atoms with Gasteiger partial charge in [-0.05, 0) is 54.6 Å². The van der Waals surface area contributed by atoms with Crippen molar-refractivity contribution in [3.63, 3.8) is 0 Å². The first-order valence-corrected chi connectivity index (χ1v) is 10.6. The maximum absolute atomic E-state index is 12.6. The molecule has 0 aliphatic carbocycles. The average Bonchev–Trinajstić information content (AvgIpc) is 2.63. The van der Waals surface area contributed by atoms with Crippen molar-refractivity contribution in [3.05, 3.63) is 81.8 Å². The molecule has 0 aromatic heterocycles. The fourth-order valence-electron chi connectivity index (χ4n) is 2.37. The zero-order chi connectivity index (χ0) is 20.3. The summed E-state index contributed by atoms with van der Waals surface area (Å²) in [5.74, 6) is -0.751. The van der Waals surface area contributed by atoms with Crippen molar-refractivity contribution >= 4 is 54.8 Å². The Labute approximate surface area is 175 Å². The number of phenols is 1. The van der Waals surface area contributed by atoms with Gasteiger partial charge in [-0.2, -0.15) is 0 Å². The minimum atomic E-state index is -3.96. The Morgan fingerprint density at radius 3 is 2.46 bits per heavy atom. The molecule has 0 fully saturated rings. The summed E-state index contributed by atoms with van der Waals surface area (Å²) in [6.45, 7) is 0. The zero-order valence-electron chi connectivity index (χ0n) is 14.2. The summed E-state index contributed by atoms with van der Waals surface area (Å²) in [5.41, 5.74) is 0.610. The predicted octanol–water partition coefficient (Wildman–Crippen LogP) is 4.86. The zero-order valence-corrected chi connectivity index (χ0v) is 17.3. The van der Waals surface area contributed by atoms with E-state index in [9.17, 15) is 18.3 Å². The molecular weight excluding hydrogens is 468 g/mol. The first kappa shape index (κ1) is 20.2. The van der Waals surface area contributed by atoms with E-state index in [1.807, 2.05) is 0 Å². The summed E-state index contributed by atoms with van der Waals surface area (Å²) in [6, 6.07) is 16.5. The number of halogens is 2. The van der Waals surface area contributed by atoms with Gasteiger partial charge < -0.3 is 10.4 Å². The number of carbonyl (C=O) groups excluding carboxylic acids is 1. The van der Waals surface area contributed by atoms with Gasteiger partial charge >= 0.3 is 0 Å². The average molecular weight is 482 g/mol. The number of benzene rings is 3. The van der Waals surface area contributed by atoms with Crippen LogP contribution in [0.25, 0.3) is 0 Å². The lowest BCUT2D eigenvalue weighted by atomic mass is 10.2. The molecule has 144 valence electrons. The minimum absolute atomic E-state index is 0.0288. The van der Waals surface area contributed by atoms with Crippen LogP contribution in [0.2, 0.25) is 5.02 Å². The standard InChI is InChI=1S/C19H14BrClN2O4S/c20-13-4-1-3-12(9-13)19(25)22-17-11-16(7-8-18(17)24)28(26,27)23-15-6-2-5-14(21)10-15/h1-11,23-24H,(H,22,25). The van der Waals surface area contributed by atoms with Crippen LogP contribution in [0.15, 0.2) is 76.1 Å². The lowest BCUT2D eigenvalue weighted by Crippen LogP contribution is -2.15. The van der Waals surface area contributed by atoms with Crippen LogP contribution in [0.4, 0.5) is 11.4 Å². The fraction of sp³-hybridized carbons (Fsp3) is 0. The summed E-state index contributed by atoms with van der Waals surface area (Å²) in [4.78, 5) is 12.3. The van der Waals surface area contributed by atoms with Crippen molar-refractivity contribution in [2.24, 2.45) is 0 Å². The van der Waals surface area contributed by atoms with Crippen molar-refractivity contribution in [1.29, 1.82) is 0 Å². The van der Waals surface area contributed by atoms with Crippen molar-refractivity contribution in [1.82, 2.24) is 0 Å². The molecule has 0 unspecified atom stereocenters. The third-order valence-corrected chi connectivity index (χ3v) is 5.80. The molecule has 3 aromatic rings. The summed E-state index contributed by atoms with van der Waals surface area (Å²) in [6.07, 6.45) is 0. The number of sulfonamides is 1. The molecule has 3 rings (SSSR count). The molecule has 0 atom stereocenters. The molecule has 3 N–H and O–H groups in total. The molecule has 0 spiro atoms. The molecule has 1 amide bonds. The highest BCUT2D eigenvalue weighted by molar-refractivity contribution is 9.10. The van der Waals surface area contributed by atoms with Gasteiger partial charge in [-0.15, -0.1) is 0 Å². The minimum Gasteiger partial charge on any atom is -0.506 e. The van der Waals surface area contributed by atoms with Gasteiger partial charge in [0.15, 0.2) is 0 Å². The molecule has 3 aromatic carbocycles. The molecule has 28 heavy (non-hydrogen) atoms. The van der Waals surface area contributed by atoms with Crippen LogP contribution < -0.4 is 10.0 Å². The van der Waals surface area contributed by atoms with Crippen molar-refractivity contribution in [2.45, 2.75) is 4.90 Å². The number of nitrogens with one attached hydrogen (secondary N) is 2. The van der Waals surface area contributed by atoms with Crippen molar-refractivity contribution < 1.29 is 18.3 Å². The van der Waals surface area contributed by atoms with Gasteiger partial charge in [0, 0.05) is 15.1 Å². The summed E-state index contributed by atoms with van der Waals surface area (Å²) < 4.78 is 28.4. The van der Waals surface area contributed by atoms with Gasteiger partial charge in [0.2, 0.25) is 0 Å². The Hall–Kier alpha value is -2.55. The van der Waals surface area contributed by atoms with Gasteiger partial charge in [0.1, 0.15) is 5.75 Å². The van der Waals surface area contributed by atoms with E-state index >= 15 is 0 Å². The van der Waals surface area contributed by atoms with Crippen molar-refractivity contribution in [2.75, 3.05) is 10.0 Å². The topological polar surface area (TPSA) is 95.5 Å². The van der Waals surface area contributed by atoms with Gasteiger partial charge in [-0.3, -0.25) is 9.52 Å². The number of hydrogen-bond donors (Lipinski definition) is 3. The Bertz CT molecular complexity index is 1150. The third-order valence-electron chi connectivity index (χ3n) is 3.69. The highest BCUT2D eigenvalue weighted by Gasteiger charge is 2.18. The second kappa shape index (κ2) is 8.22. The fourth-order valence-corrected chi connectivity index (χ4v) is 4.04. The summed E-state index contributed by atoms with van der Waals surface area (Å²) in [5, 5.41) is 12.9. The number of rotatable bonds is 5. The molecule has 9 heteroatoms. The first-order valence-electron chi connectivity index (χ1n) is 7.93. The number of carbonyl (C=O) groups is 1. The van der Waals surface area contributed by atoms with Crippen LogP contribution in [0.3, 0.4) is 0 Å². The Morgan fingerprint density at radius 2 is 1.75 bits per heavy atom. The Balaban J connectivity index is 1.87. The number of aromatic hydroxyl groups is 1. The second-order valence-corrected chi connectivity index (χ2v) is 8.79. The molecule has 0 aliphatic rings. The van der Waals surface area contributed by atoms with E-state index in [1.54, 1.807) is 42.5 Å². The SMILES string of the molecule is O=C(Nc1cc(S(=O)(=O)Nc2cccc(Cl)c2)ccc1O)c1cccc(Br)c1. The van der Waals surface area contributed by atoms with Gasteiger partial charge in [-0.1, -0.05) is 39.7 Å². The second-order valence-electron chi connectivity index (χ2n) is 5.76. The monoisotopic (exact) mass is 480 g/mol. The smallest absolute Gasteiger partial charge is 0.261 e. The van der Waals surface area contributed by atoms with E-state index in [1.165, 1.54) is 24.3 Å². The summed E-state index contributed by atoms with van der Waals surface area (Å²) in [7, 11) is -3.96. The number of phenolic OH excluding ortho intramolecular Hbond substituents is 1. The van der Waals surface area contributed by atoms with Crippen LogP contribution in [-0.4, -0.2) is 19.4 Å². The van der Waals surface area contributed by atoms with E-state index in [-0.39, 0.29) is 16.3 Å². The predicted molar refractivity (Wildman–Crippen MR) is 112 cm³/mol. The van der Waals surface area contributed by atoms with Crippen molar-refractivity contribution in [3.8, 4) is 5.75 Å². The molecule has 0 saturated carbocycles. The molecule has 0 bridgehead atoms. The van der Waals surface area contributed by atoms with Gasteiger partial charge in [0.05, 0.1) is 16.3 Å². The van der Waals surface area contributed by atoms with E-state index in [0.29, 0.717) is 20.7 Å². The molecule has 0 saturated heterocycles. The third kappa shape index (κ3) is 4.83. The number of anilines is 2. The summed E-state index contributed by atoms with van der Waals surface area (Å²) >= 11 is 9.15. The van der Waals surface area contributed by atoms with Gasteiger partial charge in [0.25, 0.3) is 15.9 Å². The van der Waals surface area contributed by atoms with Crippen LogP contribution in [0.1, 0.15) is 10.4 Å². The molecule has 0 radical (unpaired) electrons. The van der Waals surface area contributed by atoms with Gasteiger partial charge in [-0.25, -0.2) is 8.42 Å². The Kier molecular flexibility index (Phi) is 5.93. The van der Waals surface area contributed by atoms with Crippen LogP contribution in [-0.2, 0) is 10.0 Å². The number of hydrogen-bond acceptors (Lipinski definition) is 4. The lowest BCUT2D eigenvalue weighted by molar-refractivity contribution is 0.102. The van der Waals surface area contributed by atoms with E-state index in [2.05, 4.69) is 26.0 Å². The maximum atomic E-state index is 12.6. The van der Waals surface area contributed by atoms with Crippen LogP contribution >= 0.6 is 27.5 Å². The highest BCUT2D eigenvalue weighted by Crippen LogP contribution is 2.28. The lowest BCUT2D eigenvalue weighted by Gasteiger charge is -2.12. The Morgan fingerprint density at radius 1 is 1.00 bits per heavy atom. The van der Waals surface area contributed by atoms with Crippen LogP contribution in [0, 0.1) is 0 Å². The molecule has 6 nitrogen and oxygen atoms in total. The van der Waals surface area contributed by atoms with E-state index in [0.717, 1.165) is 0 Å². The van der Waals surface area contributed by atoms with Crippen LogP contribution in [0.5, 0.6) is 5.75 Å². The maximum Gasteiger partial charge on any atom is 0.261 e. The van der Waals surface area contributed by atoms with E-state index < -0.39 is 15.9 Å². The van der Waals surface area contributed by atoms with E-state index in [4.69, 9.17) is 11.6 Å².